The third-order valence-corrected chi connectivity index (χ3v) is 3.44. The largest absolute Gasteiger partial charge is 0.493 e. The molecule has 0 aromatic heterocycles. The van der Waals surface area contributed by atoms with E-state index < -0.39 is 5.51 Å². The van der Waals surface area contributed by atoms with Crippen LogP contribution in [-0.2, 0) is 6.54 Å². The van der Waals surface area contributed by atoms with Gasteiger partial charge in [-0.2, -0.15) is 13.2 Å². The van der Waals surface area contributed by atoms with Gasteiger partial charge in [-0.15, -0.1) is 0 Å². The maximum absolute atomic E-state index is 12.0. The van der Waals surface area contributed by atoms with Crippen LogP contribution in [0.25, 0.3) is 0 Å². The summed E-state index contributed by atoms with van der Waals surface area (Å²) in [6, 6.07) is 3.46. The van der Waals surface area contributed by atoms with Gasteiger partial charge in [0.15, 0.2) is 11.5 Å². The molecule has 0 spiro atoms. The van der Waals surface area contributed by atoms with Crippen LogP contribution in [0.4, 0.5) is 13.2 Å². The first-order valence-corrected chi connectivity index (χ1v) is 7.64. The highest BCUT2D eigenvalue weighted by molar-refractivity contribution is 8.00. The van der Waals surface area contributed by atoms with Gasteiger partial charge in [-0.1, -0.05) is 18.5 Å². The predicted octanol–water partition coefficient (Wildman–Crippen LogP) is 4.09. The van der Waals surface area contributed by atoms with E-state index in [9.17, 15) is 13.2 Å². The average molecular weight is 344 g/mol. The Kier molecular flexibility index (Phi) is 7.48. The lowest BCUT2D eigenvalue weighted by molar-refractivity contribution is -0.0329. The topological polar surface area (TPSA) is 30.5 Å². The molecule has 1 N–H and O–H groups in total. The molecule has 0 fully saturated rings. The van der Waals surface area contributed by atoms with Crippen molar-refractivity contribution >= 4 is 23.4 Å². The molecule has 0 bridgehead atoms. The van der Waals surface area contributed by atoms with E-state index in [2.05, 4.69) is 5.32 Å². The Morgan fingerprint density at radius 1 is 1.33 bits per heavy atom. The van der Waals surface area contributed by atoms with Crippen molar-refractivity contribution in [1.82, 2.24) is 5.32 Å². The Labute approximate surface area is 131 Å². The molecule has 0 radical (unpaired) electrons. The fourth-order valence-corrected chi connectivity index (χ4v) is 2.27. The molecule has 0 amide bonds. The summed E-state index contributed by atoms with van der Waals surface area (Å²) in [4.78, 5) is 0. The molecule has 0 aliphatic heterocycles. The molecule has 0 unspecified atom stereocenters. The van der Waals surface area contributed by atoms with Crippen molar-refractivity contribution in [2.75, 3.05) is 26.0 Å². The Morgan fingerprint density at radius 3 is 2.62 bits per heavy atom. The predicted molar refractivity (Wildman–Crippen MR) is 79.4 cm³/mol. The number of ether oxygens (including phenoxy) is 2. The fourth-order valence-electron chi connectivity index (χ4n) is 1.59. The van der Waals surface area contributed by atoms with Crippen LogP contribution in [0.15, 0.2) is 12.1 Å². The van der Waals surface area contributed by atoms with Gasteiger partial charge in [0.25, 0.3) is 0 Å². The van der Waals surface area contributed by atoms with Gasteiger partial charge in [-0.25, -0.2) is 0 Å². The molecule has 1 rings (SSSR count). The van der Waals surface area contributed by atoms with Crippen LogP contribution < -0.4 is 14.8 Å². The smallest absolute Gasteiger partial charge is 0.441 e. The lowest BCUT2D eigenvalue weighted by Crippen LogP contribution is -2.12. The third-order valence-electron chi connectivity index (χ3n) is 2.46. The van der Waals surface area contributed by atoms with Gasteiger partial charge in [0.05, 0.1) is 18.7 Å². The third kappa shape index (κ3) is 6.67. The molecule has 1 aromatic rings. The summed E-state index contributed by atoms with van der Waals surface area (Å²) in [6.07, 6.45) is 0. The molecule has 0 heterocycles. The molecular weight excluding hydrogens is 327 g/mol. The Balaban J connectivity index is 2.68. The number of methoxy groups -OCH3 is 1. The number of thioether (sulfide) groups is 1. The average Bonchev–Trinajstić information content (AvgIpc) is 2.41. The summed E-state index contributed by atoms with van der Waals surface area (Å²) in [6.45, 7) is 3.31. The second kappa shape index (κ2) is 8.60. The van der Waals surface area contributed by atoms with Crippen molar-refractivity contribution < 1.29 is 22.6 Å². The van der Waals surface area contributed by atoms with Gasteiger partial charge in [-0.3, -0.25) is 0 Å². The summed E-state index contributed by atoms with van der Waals surface area (Å²) in [5.74, 6) is 0.469. The lowest BCUT2D eigenvalue weighted by Gasteiger charge is -2.14. The van der Waals surface area contributed by atoms with Crippen LogP contribution in [-0.4, -0.2) is 31.5 Å². The zero-order chi connectivity index (χ0) is 15.9. The number of halogens is 4. The van der Waals surface area contributed by atoms with E-state index >= 15 is 0 Å². The molecule has 0 saturated heterocycles. The number of benzene rings is 1. The Bertz CT molecular complexity index is 458. The van der Waals surface area contributed by atoms with Gasteiger partial charge >= 0.3 is 5.51 Å². The Morgan fingerprint density at radius 2 is 2.05 bits per heavy atom. The van der Waals surface area contributed by atoms with Crippen molar-refractivity contribution in [3.8, 4) is 11.5 Å². The van der Waals surface area contributed by atoms with E-state index in [1.807, 2.05) is 6.92 Å². The van der Waals surface area contributed by atoms with E-state index in [-0.39, 0.29) is 29.9 Å². The highest BCUT2D eigenvalue weighted by Crippen LogP contribution is 2.37. The highest BCUT2D eigenvalue weighted by atomic mass is 35.5. The first kappa shape index (κ1) is 18.3. The first-order valence-electron chi connectivity index (χ1n) is 6.28. The van der Waals surface area contributed by atoms with E-state index in [0.29, 0.717) is 17.3 Å². The maximum atomic E-state index is 12.0. The van der Waals surface area contributed by atoms with Crippen LogP contribution in [0.2, 0.25) is 5.02 Å². The summed E-state index contributed by atoms with van der Waals surface area (Å²) in [5.41, 5.74) is -3.34. The van der Waals surface area contributed by atoms with E-state index in [0.717, 1.165) is 12.1 Å². The monoisotopic (exact) mass is 343 g/mol. The molecule has 0 aliphatic carbocycles. The van der Waals surface area contributed by atoms with Gasteiger partial charge in [0, 0.05) is 12.3 Å². The molecule has 8 heteroatoms. The number of nitrogens with one attached hydrogen (secondary N) is 1. The van der Waals surface area contributed by atoms with Crippen molar-refractivity contribution in [3.63, 3.8) is 0 Å². The first-order chi connectivity index (χ1) is 9.87. The van der Waals surface area contributed by atoms with Gasteiger partial charge in [0.2, 0.25) is 0 Å². The van der Waals surface area contributed by atoms with E-state index in [1.54, 1.807) is 12.1 Å². The summed E-state index contributed by atoms with van der Waals surface area (Å²) in [7, 11) is 1.46. The number of hydrogen-bond donors (Lipinski definition) is 1. The van der Waals surface area contributed by atoms with Crippen molar-refractivity contribution in [2.24, 2.45) is 0 Å². The molecule has 0 atom stereocenters. The molecular formula is C13H17ClF3NO2S. The zero-order valence-corrected chi connectivity index (χ0v) is 13.3. The van der Waals surface area contributed by atoms with Crippen molar-refractivity contribution in [1.29, 1.82) is 0 Å². The second-order valence-corrected chi connectivity index (χ2v) is 5.60. The minimum Gasteiger partial charge on any atom is -0.493 e. The second-order valence-electron chi connectivity index (χ2n) is 4.03. The molecule has 120 valence electrons. The molecule has 1 aromatic carbocycles. The van der Waals surface area contributed by atoms with Crippen LogP contribution >= 0.6 is 23.4 Å². The van der Waals surface area contributed by atoms with Crippen LogP contribution in [0.3, 0.4) is 0 Å². The van der Waals surface area contributed by atoms with Gasteiger partial charge in [0.1, 0.15) is 0 Å². The SMILES string of the molecule is CCNCc1cc(Cl)c(OCCSC(F)(F)F)c(OC)c1. The quantitative estimate of drug-likeness (QED) is 0.720. The number of rotatable bonds is 8. The van der Waals surface area contributed by atoms with E-state index in [1.165, 1.54) is 7.11 Å². The number of hydrogen-bond acceptors (Lipinski definition) is 4. The van der Waals surface area contributed by atoms with E-state index in [4.69, 9.17) is 21.1 Å². The minimum absolute atomic E-state index is 0.104. The summed E-state index contributed by atoms with van der Waals surface area (Å²) >= 11 is 5.97. The molecule has 21 heavy (non-hydrogen) atoms. The standard InChI is InChI=1S/C13H17ClF3NO2S/c1-3-18-8-9-6-10(14)12(11(7-9)19-2)20-4-5-21-13(15,16)17/h6-7,18H,3-5,8H2,1-2H3. The van der Waals surface area contributed by atoms with Crippen LogP contribution in [0.5, 0.6) is 11.5 Å². The fraction of sp³-hybridized carbons (Fsp3) is 0.538. The van der Waals surface area contributed by atoms with Gasteiger partial charge in [-0.05, 0) is 36.0 Å². The normalized spacial score (nSPS) is 11.5. The summed E-state index contributed by atoms with van der Waals surface area (Å²) in [5, 5.41) is 3.47. The number of alkyl halides is 3. The van der Waals surface area contributed by atoms with Crippen LogP contribution in [0.1, 0.15) is 12.5 Å². The van der Waals surface area contributed by atoms with Crippen LogP contribution in [0, 0.1) is 0 Å². The summed E-state index contributed by atoms with van der Waals surface area (Å²) < 4.78 is 46.6. The lowest BCUT2D eigenvalue weighted by atomic mass is 10.2. The van der Waals surface area contributed by atoms with Crippen molar-refractivity contribution in [2.45, 2.75) is 19.0 Å². The van der Waals surface area contributed by atoms with Gasteiger partial charge < -0.3 is 14.8 Å². The molecule has 3 nitrogen and oxygen atoms in total. The Hall–Kier alpha value is -0.790. The highest BCUT2D eigenvalue weighted by Gasteiger charge is 2.27. The minimum atomic E-state index is -4.26. The molecule has 0 aliphatic rings. The zero-order valence-electron chi connectivity index (χ0n) is 11.7. The van der Waals surface area contributed by atoms with Crippen molar-refractivity contribution in [3.05, 3.63) is 22.7 Å². The maximum Gasteiger partial charge on any atom is 0.441 e. The molecule has 0 saturated carbocycles.